The summed E-state index contributed by atoms with van der Waals surface area (Å²) in [6.45, 7) is -0.939. The summed E-state index contributed by atoms with van der Waals surface area (Å²) in [6.07, 6.45) is -1.64. The molecule has 0 bridgehead atoms. The Labute approximate surface area is 187 Å². The first-order chi connectivity index (χ1) is 15.4. The topological polar surface area (TPSA) is 87.6 Å². The fourth-order valence-corrected chi connectivity index (χ4v) is 3.88. The van der Waals surface area contributed by atoms with Gasteiger partial charge in [-0.2, -0.15) is 13.2 Å². The minimum atomic E-state index is -4.91. The number of sulfone groups is 1. The fourth-order valence-electron chi connectivity index (χ4n) is 3.20. The van der Waals surface area contributed by atoms with Crippen molar-refractivity contribution >= 4 is 21.4 Å². The molecule has 6 nitrogen and oxygen atoms in total. The molecular weight excluding hydrogens is 464 g/mol. The smallest absolute Gasteiger partial charge is 0.395 e. The number of nitrogens with zero attached hydrogens (tertiary/aromatic N) is 2. The number of rotatable bonds is 6. The predicted molar refractivity (Wildman–Crippen MR) is 113 cm³/mol. The zero-order chi connectivity index (χ0) is 24.4. The van der Waals surface area contributed by atoms with E-state index in [1.54, 1.807) is 6.07 Å². The van der Waals surface area contributed by atoms with E-state index in [0.717, 1.165) is 17.2 Å². The first-order valence-corrected chi connectivity index (χ1v) is 11.4. The van der Waals surface area contributed by atoms with E-state index >= 15 is 0 Å². The van der Waals surface area contributed by atoms with Crippen LogP contribution in [0.15, 0.2) is 65.8 Å². The highest BCUT2D eigenvalue weighted by Gasteiger charge is 2.34. The van der Waals surface area contributed by atoms with Gasteiger partial charge in [0.05, 0.1) is 29.0 Å². The molecule has 33 heavy (non-hydrogen) atoms. The normalized spacial score (nSPS) is 11.9. The van der Waals surface area contributed by atoms with Crippen LogP contribution in [0.2, 0.25) is 0 Å². The molecule has 3 aromatic rings. The number of alkyl halides is 3. The Hall–Kier alpha value is -3.31. The number of halogens is 4. The highest BCUT2D eigenvalue weighted by Crippen LogP contribution is 2.35. The van der Waals surface area contributed by atoms with Gasteiger partial charge >= 0.3 is 6.18 Å². The van der Waals surface area contributed by atoms with Crippen molar-refractivity contribution < 1.29 is 35.9 Å². The third kappa shape index (κ3) is 5.37. The van der Waals surface area contributed by atoms with E-state index in [9.17, 15) is 35.9 Å². The van der Waals surface area contributed by atoms with Gasteiger partial charge in [0, 0.05) is 35.7 Å². The molecule has 3 rings (SSSR count). The Balaban J connectivity index is 2.20. The molecular formula is C22H18F4N2O4S. The van der Waals surface area contributed by atoms with Gasteiger partial charge in [-0.25, -0.2) is 12.8 Å². The van der Waals surface area contributed by atoms with E-state index in [0.29, 0.717) is 12.1 Å². The molecule has 174 valence electrons. The second-order valence-corrected chi connectivity index (χ2v) is 9.08. The Morgan fingerprint density at radius 2 is 1.79 bits per heavy atom. The maximum absolute atomic E-state index is 14.4. The molecule has 0 fully saturated rings. The fraction of sp³-hybridized carbons (Fsp3) is 0.182. The van der Waals surface area contributed by atoms with Crippen LogP contribution in [0, 0.1) is 5.82 Å². The molecule has 0 aliphatic heterocycles. The van der Waals surface area contributed by atoms with E-state index in [-0.39, 0.29) is 23.4 Å². The third-order valence-electron chi connectivity index (χ3n) is 4.73. The highest BCUT2D eigenvalue weighted by atomic mass is 32.2. The molecule has 0 aliphatic carbocycles. The summed E-state index contributed by atoms with van der Waals surface area (Å²) < 4.78 is 78.5. The maximum Gasteiger partial charge on any atom is 0.416 e. The number of amides is 1. The summed E-state index contributed by atoms with van der Waals surface area (Å²) >= 11 is 0. The van der Waals surface area contributed by atoms with Crippen molar-refractivity contribution in [2.45, 2.75) is 11.1 Å². The van der Waals surface area contributed by atoms with Crippen LogP contribution in [0.25, 0.3) is 11.1 Å². The summed E-state index contributed by atoms with van der Waals surface area (Å²) in [5.74, 6) is -1.63. The summed E-state index contributed by atoms with van der Waals surface area (Å²) in [5, 5.41) is 9.51. The van der Waals surface area contributed by atoms with Crippen LogP contribution in [-0.4, -0.2) is 43.8 Å². The second-order valence-electron chi connectivity index (χ2n) is 7.07. The molecule has 0 saturated heterocycles. The lowest BCUT2D eigenvalue weighted by Crippen LogP contribution is -2.34. The average molecular weight is 482 g/mol. The van der Waals surface area contributed by atoms with Crippen molar-refractivity contribution in [3.05, 3.63) is 77.9 Å². The van der Waals surface area contributed by atoms with E-state index in [1.807, 2.05) is 0 Å². The van der Waals surface area contributed by atoms with Gasteiger partial charge in [0.2, 0.25) is 0 Å². The minimum absolute atomic E-state index is 0.0277. The van der Waals surface area contributed by atoms with Gasteiger partial charge in [-0.3, -0.25) is 9.78 Å². The Kier molecular flexibility index (Phi) is 6.84. The van der Waals surface area contributed by atoms with Crippen LogP contribution in [0.5, 0.6) is 0 Å². The number of hydrogen-bond acceptors (Lipinski definition) is 5. The molecule has 0 spiro atoms. The monoisotopic (exact) mass is 482 g/mol. The SMILES string of the molecule is CS(=O)(=O)c1cc(C(=O)N(CCO)c2cnccc2-c2ccccc2F)cc(C(F)(F)F)c1. The lowest BCUT2D eigenvalue weighted by atomic mass is 10.0. The molecule has 1 aromatic heterocycles. The Bertz CT molecular complexity index is 1290. The second kappa shape index (κ2) is 9.28. The van der Waals surface area contributed by atoms with Crippen LogP contribution in [0.1, 0.15) is 15.9 Å². The van der Waals surface area contributed by atoms with Crippen LogP contribution in [0.4, 0.5) is 23.2 Å². The standard InChI is InChI=1S/C22H18F4N2O4S/c1-33(31,32)16-11-14(10-15(12-16)22(24,25)26)21(30)28(8-9-29)20-13-27-7-6-18(20)17-4-2-3-5-19(17)23/h2-7,10-13,29H,8-9H2,1H3. The van der Waals surface area contributed by atoms with Crippen molar-refractivity contribution in [2.75, 3.05) is 24.3 Å². The average Bonchev–Trinajstić information content (AvgIpc) is 2.76. The number of benzene rings is 2. The van der Waals surface area contributed by atoms with Crippen LogP contribution in [0.3, 0.4) is 0 Å². The van der Waals surface area contributed by atoms with Crippen molar-refractivity contribution in [1.82, 2.24) is 4.98 Å². The van der Waals surface area contributed by atoms with Crippen LogP contribution in [-0.2, 0) is 16.0 Å². The molecule has 0 aliphatic rings. The first-order valence-electron chi connectivity index (χ1n) is 9.47. The van der Waals surface area contributed by atoms with Gasteiger partial charge in [-0.05, 0) is 30.3 Å². The van der Waals surface area contributed by atoms with Gasteiger partial charge in [0.25, 0.3) is 5.91 Å². The number of carbonyl (C=O) groups excluding carboxylic acids is 1. The number of hydrogen-bond donors (Lipinski definition) is 1. The van der Waals surface area contributed by atoms with Gasteiger partial charge < -0.3 is 10.0 Å². The first kappa shape index (κ1) is 24.3. The van der Waals surface area contributed by atoms with Crippen LogP contribution >= 0.6 is 0 Å². The number of aromatic nitrogens is 1. The van der Waals surface area contributed by atoms with Gasteiger partial charge in [0.1, 0.15) is 5.82 Å². The molecule has 0 atom stereocenters. The summed E-state index contributed by atoms with van der Waals surface area (Å²) in [6, 6.07) is 8.89. The molecule has 2 aromatic carbocycles. The lowest BCUT2D eigenvalue weighted by molar-refractivity contribution is -0.137. The molecule has 1 N–H and O–H groups in total. The third-order valence-corrected chi connectivity index (χ3v) is 5.82. The molecule has 1 amide bonds. The summed E-state index contributed by atoms with van der Waals surface area (Å²) in [5.41, 5.74) is -1.55. The number of aliphatic hydroxyl groups excluding tert-OH is 1. The lowest BCUT2D eigenvalue weighted by Gasteiger charge is -2.25. The highest BCUT2D eigenvalue weighted by molar-refractivity contribution is 7.90. The predicted octanol–water partition coefficient (Wildman–Crippen LogP) is 3.95. The van der Waals surface area contributed by atoms with Gasteiger partial charge in [-0.1, -0.05) is 18.2 Å². The Morgan fingerprint density at radius 3 is 2.39 bits per heavy atom. The maximum atomic E-state index is 14.4. The van der Waals surface area contributed by atoms with E-state index in [1.165, 1.54) is 36.7 Å². The van der Waals surface area contributed by atoms with E-state index < -0.39 is 50.4 Å². The molecule has 0 saturated carbocycles. The van der Waals surface area contributed by atoms with E-state index in [4.69, 9.17) is 0 Å². The summed E-state index contributed by atoms with van der Waals surface area (Å²) in [4.78, 5) is 17.4. The molecule has 0 radical (unpaired) electrons. The van der Waals surface area contributed by atoms with Crippen LogP contribution < -0.4 is 4.90 Å². The van der Waals surface area contributed by atoms with Crippen molar-refractivity contribution in [3.63, 3.8) is 0 Å². The number of anilines is 1. The zero-order valence-electron chi connectivity index (χ0n) is 17.2. The van der Waals surface area contributed by atoms with Crippen molar-refractivity contribution in [3.8, 4) is 11.1 Å². The van der Waals surface area contributed by atoms with Gasteiger partial charge in [-0.15, -0.1) is 0 Å². The zero-order valence-corrected chi connectivity index (χ0v) is 18.0. The van der Waals surface area contributed by atoms with E-state index in [2.05, 4.69) is 4.98 Å². The minimum Gasteiger partial charge on any atom is -0.395 e. The largest absolute Gasteiger partial charge is 0.416 e. The number of pyridine rings is 1. The van der Waals surface area contributed by atoms with Crippen molar-refractivity contribution in [2.24, 2.45) is 0 Å². The molecule has 0 unspecified atom stereocenters. The number of aliphatic hydroxyl groups is 1. The van der Waals surface area contributed by atoms with Gasteiger partial charge in [0.15, 0.2) is 9.84 Å². The molecule has 11 heteroatoms. The quantitative estimate of drug-likeness (QED) is 0.538. The van der Waals surface area contributed by atoms with Crippen molar-refractivity contribution in [1.29, 1.82) is 0 Å². The molecule has 1 heterocycles. The number of carbonyl (C=O) groups is 1. The summed E-state index contributed by atoms with van der Waals surface area (Å²) in [7, 11) is -4.08. The Morgan fingerprint density at radius 1 is 1.09 bits per heavy atom.